The third-order valence-electron chi connectivity index (χ3n) is 2.61. The van der Waals surface area contributed by atoms with Gasteiger partial charge in [0.25, 0.3) is 5.91 Å². The molecule has 1 heterocycles. The molecule has 1 atom stereocenters. The summed E-state index contributed by atoms with van der Waals surface area (Å²) in [5.41, 5.74) is 1.51. The Morgan fingerprint density at radius 2 is 2.19 bits per heavy atom. The van der Waals surface area contributed by atoms with Gasteiger partial charge in [0.15, 0.2) is 4.32 Å². The Morgan fingerprint density at radius 3 is 2.69 bits per heavy atom. The van der Waals surface area contributed by atoms with E-state index < -0.39 is 4.32 Å². The average molecular weight is 302 g/mol. The summed E-state index contributed by atoms with van der Waals surface area (Å²) >= 11 is 9.41. The van der Waals surface area contributed by atoms with Crippen molar-refractivity contribution in [3.8, 4) is 0 Å². The topological polar surface area (TPSA) is 32.7 Å². The van der Waals surface area contributed by atoms with Gasteiger partial charge in [0, 0.05) is 12.1 Å². The number of rotatable bonds is 1. The highest BCUT2D eigenvalue weighted by Crippen LogP contribution is 2.39. The fraction of sp³-hybridized carbons (Fsp3) is 0.273. The molecule has 1 aliphatic heterocycles. The minimum Gasteiger partial charge on any atom is -0.270 e. The number of alkyl halides is 1. The molecule has 0 aromatic heterocycles. The first-order valence-corrected chi connectivity index (χ1v) is 5.92. The van der Waals surface area contributed by atoms with Gasteiger partial charge in [-0.05, 0) is 24.6 Å². The van der Waals surface area contributed by atoms with Crippen LogP contribution in [0.2, 0.25) is 5.02 Å². The summed E-state index contributed by atoms with van der Waals surface area (Å²) in [5.74, 6) is -0.104. The van der Waals surface area contributed by atoms with Gasteiger partial charge in [0.05, 0.1) is 5.71 Å². The van der Waals surface area contributed by atoms with Gasteiger partial charge < -0.3 is 0 Å². The summed E-state index contributed by atoms with van der Waals surface area (Å²) in [6, 6.07) is 7.22. The zero-order valence-electron chi connectivity index (χ0n) is 8.87. The maximum atomic E-state index is 12.1. The molecule has 5 heteroatoms. The van der Waals surface area contributed by atoms with Crippen LogP contribution in [0.15, 0.2) is 29.4 Å². The first kappa shape index (κ1) is 11.6. The highest BCUT2D eigenvalue weighted by molar-refractivity contribution is 9.10. The van der Waals surface area contributed by atoms with Crippen LogP contribution in [0.1, 0.15) is 12.5 Å². The molecule has 1 aromatic carbocycles. The normalized spacial score (nSPS) is 24.9. The van der Waals surface area contributed by atoms with Crippen LogP contribution in [0, 0.1) is 0 Å². The van der Waals surface area contributed by atoms with E-state index in [-0.39, 0.29) is 5.91 Å². The molecule has 1 aliphatic rings. The number of amides is 1. The van der Waals surface area contributed by atoms with Gasteiger partial charge in [-0.15, -0.1) is 0 Å². The Balaban J connectivity index is 2.55. The van der Waals surface area contributed by atoms with Gasteiger partial charge in [-0.3, -0.25) is 4.79 Å². The summed E-state index contributed by atoms with van der Waals surface area (Å²) in [4.78, 5) is 12.1. The molecule has 0 saturated carbocycles. The van der Waals surface area contributed by atoms with Crippen LogP contribution < -0.4 is 0 Å². The number of benzene rings is 1. The van der Waals surface area contributed by atoms with E-state index in [1.165, 1.54) is 5.01 Å². The third kappa shape index (κ3) is 1.57. The van der Waals surface area contributed by atoms with Crippen molar-refractivity contribution >= 4 is 39.1 Å². The summed E-state index contributed by atoms with van der Waals surface area (Å²) < 4.78 is -0.868. The maximum absolute atomic E-state index is 12.1. The van der Waals surface area contributed by atoms with Crippen molar-refractivity contribution in [1.29, 1.82) is 0 Å². The number of nitrogens with zero attached hydrogens (tertiary/aromatic N) is 2. The molecular weight excluding hydrogens is 291 g/mol. The molecule has 0 fully saturated rings. The summed E-state index contributed by atoms with van der Waals surface area (Å²) in [6.07, 6.45) is 0. The van der Waals surface area contributed by atoms with Crippen LogP contribution >= 0.6 is 27.5 Å². The fourth-order valence-corrected chi connectivity index (χ4v) is 2.52. The Labute approximate surface area is 107 Å². The Kier molecular flexibility index (Phi) is 2.80. The Bertz CT molecular complexity index is 489. The van der Waals surface area contributed by atoms with E-state index in [1.54, 1.807) is 19.2 Å². The Hall–Kier alpha value is -0.870. The van der Waals surface area contributed by atoms with Crippen LogP contribution in [0.3, 0.4) is 0 Å². The number of hydrazone groups is 1. The standard InChI is InChI=1S/C11H10BrClN2O/c1-7-11(12,10(16)15(2)14-7)8-4-3-5-9(13)6-8/h3-6H,1-2H3. The second-order valence-corrected chi connectivity index (χ2v) is 5.31. The molecule has 0 radical (unpaired) electrons. The molecule has 0 spiro atoms. The predicted octanol–water partition coefficient (Wildman–Crippen LogP) is 2.78. The molecule has 0 N–H and O–H groups in total. The summed E-state index contributed by atoms with van der Waals surface area (Å²) in [5, 5.41) is 6.08. The minimum absolute atomic E-state index is 0.104. The monoisotopic (exact) mass is 300 g/mol. The van der Waals surface area contributed by atoms with Crippen LogP contribution in [-0.4, -0.2) is 23.7 Å². The molecule has 1 unspecified atom stereocenters. The van der Waals surface area contributed by atoms with Crippen LogP contribution in [0.4, 0.5) is 0 Å². The highest BCUT2D eigenvalue weighted by Gasteiger charge is 2.47. The van der Waals surface area contributed by atoms with Crippen molar-refractivity contribution in [2.24, 2.45) is 5.10 Å². The van der Waals surface area contributed by atoms with Gasteiger partial charge in [0.1, 0.15) is 0 Å². The van der Waals surface area contributed by atoms with Gasteiger partial charge in [-0.2, -0.15) is 5.10 Å². The molecular formula is C11H10BrClN2O. The quantitative estimate of drug-likeness (QED) is 0.734. The molecule has 1 amide bonds. The summed E-state index contributed by atoms with van der Waals surface area (Å²) in [6.45, 7) is 1.82. The smallest absolute Gasteiger partial charge is 0.269 e. The van der Waals surface area contributed by atoms with Crippen LogP contribution in [0.5, 0.6) is 0 Å². The lowest BCUT2D eigenvalue weighted by Gasteiger charge is -2.21. The van der Waals surface area contributed by atoms with Gasteiger partial charge in [-0.1, -0.05) is 39.7 Å². The lowest BCUT2D eigenvalue weighted by molar-refractivity contribution is -0.129. The average Bonchev–Trinajstić information content (AvgIpc) is 2.44. The number of likely N-dealkylation sites (N-methyl/N-ethyl adjacent to an activating group) is 1. The lowest BCUT2D eigenvalue weighted by Crippen LogP contribution is -2.36. The van der Waals surface area contributed by atoms with Crippen molar-refractivity contribution in [1.82, 2.24) is 5.01 Å². The van der Waals surface area contributed by atoms with Crippen molar-refractivity contribution in [2.45, 2.75) is 11.2 Å². The molecule has 2 rings (SSSR count). The zero-order valence-corrected chi connectivity index (χ0v) is 11.2. The third-order valence-corrected chi connectivity index (χ3v) is 4.22. The molecule has 1 aromatic rings. The van der Waals surface area contributed by atoms with Gasteiger partial charge >= 0.3 is 0 Å². The van der Waals surface area contributed by atoms with Gasteiger partial charge in [-0.25, -0.2) is 5.01 Å². The van der Waals surface area contributed by atoms with E-state index >= 15 is 0 Å². The largest absolute Gasteiger partial charge is 0.270 e. The zero-order chi connectivity index (χ0) is 11.9. The SMILES string of the molecule is CC1=NN(C)C(=O)C1(Br)c1cccc(Cl)c1. The van der Waals surface area contributed by atoms with Crippen molar-refractivity contribution < 1.29 is 4.79 Å². The summed E-state index contributed by atoms with van der Waals surface area (Å²) in [7, 11) is 1.64. The molecule has 0 saturated heterocycles. The molecule has 84 valence electrons. The first-order valence-electron chi connectivity index (χ1n) is 4.75. The second kappa shape index (κ2) is 3.86. The van der Waals surface area contributed by atoms with E-state index in [0.29, 0.717) is 10.7 Å². The number of halogens is 2. The van der Waals surface area contributed by atoms with Crippen molar-refractivity contribution in [3.05, 3.63) is 34.9 Å². The van der Waals surface area contributed by atoms with Gasteiger partial charge in [0.2, 0.25) is 0 Å². The predicted molar refractivity (Wildman–Crippen MR) is 67.9 cm³/mol. The van der Waals surface area contributed by atoms with E-state index in [9.17, 15) is 4.79 Å². The number of hydrogen-bond donors (Lipinski definition) is 0. The number of carbonyl (C=O) groups excluding carboxylic acids is 1. The van der Waals surface area contributed by atoms with Crippen LogP contribution in [-0.2, 0) is 9.12 Å². The maximum Gasteiger partial charge on any atom is 0.269 e. The lowest BCUT2D eigenvalue weighted by atomic mass is 9.94. The van der Waals surface area contributed by atoms with Crippen LogP contribution in [0.25, 0.3) is 0 Å². The minimum atomic E-state index is -0.868. The second-order valence-electron chi connectivity index (χ2n) is 3.68. The first-order chi connectivity index (χ1) is 7.46. The number of carbonyl (C=O) groups is 1. The van der Waals surface area contributed by atoms with E-state index in [0.717, 1.165) is 5.56 Å². The highest BCUT2D eigenvalue weighted by atomic mass is 79.9. The molecule has 16 heavy (non-hydrogen) atoms. The molecule has 0 bridgehead atoms. The van der Waals surface area contributed by atoms with Crippen molar-refractivity contribution in [3.63, 3.8) is 0 Å². The number of hydrogen-bond acceptors (Lipinski definition) is 2. The Morgan fingerprint density at radius 1 is 1.50 bits per heavy atom. The molecule has 0 aliphatic carbocycles. The van der Waals surface area contributed by atoms with E-state index in [1.807, 2.05) is 19.1 Å². The fourth-order valence-electron chi connectivity index (χ4n) is 1.75. The van der Waals surface area contributed by atoms with E-state index in [2.05, 4.69) is 21.0 Å². The van der Waals surface area contributed by atoms with Crippen molar-refractivity contribution in [2.75, 3.05) is 7.05 Å². The van der Waals surface area contributed by atoms with E-state index in [4.69, 9.17) is 11.6 Å². The molecule has 3 nitrogen and oxygen atoms in total.